The van der Waals surface area contributed by atoms with Crippen LogP contribution in [0.1, 0.15) is 32.2 Å². The van der Waals surface area contributed by atoms with E-state index in [9.17, 15) is 8.42 Å². The average Bonchev–Trinajstić information content (AvgIpc) is 3.02. The summed E-state index contributed by atoms with van der Waals surface area (Å²) >= 11 is 0. The molecule has 8 nitrogen and oxygen atoms in total. The number of hydrogen-bond donors (Lipinski definition) is 2. The third kappa shape index (κ3) is 4.42. The monoisotopic (exact) mass is 388 g/mol. The van der Waals surface area contributed by atoms with Crippen LogP contribution in [0.15, 0.2) is 41.3 Å². The second kappa shape index (κ2) is 7.24. The molecule has 0 radical (unpaired) electrons. The molecule has 0 unspecified atom stereocenters. The SMILES string of the molecule is Cc1ccc(S(=O)(=O)NCCNc2ccc3nnc(C(C)(C)C)n3n2)cc1. The summed E-state index contributed by atoms with van der Waals surface area (Å²) in [6, 6.07) is 10.4. The fraction of sp³-hybridized carbons (Fsp3) is 0.389. The fourth-order valence-corrected chi connectivity index (χ4v) is 3.56. The maximum atomic E-state index is 12.3. The first-order chi connectivity index (χ1) is 12.7. The Labute approximate surface area is 159 Å². The van der Waals surface area contributed by atoms with Crippen LogP contribution in [0.25, 0.3) is 5.65 Å². The molecule has 0 aliphatic heterocycles. The molecule has 3 rings (SSSR count). The van der Waals surface area contributed by atoms with E-state index in [1.165, 1.54) is 0 Å². The van der Waals surface area contributed by atoms with Gasteiger partial charge in [-0.1, -0.05) is 38.5 Å². The summed E-state index contributed by atoms with van der Waals surface area (Å²) in [6.45, 7) is 8.69. The molecule has 0 spiro atoms. The number of anilines is 1. The highest BCUT2D eigenvalue weighted by Gasteiger charge is 2.21. The highest BCUT2D eigenvalue weighted by atomic mass is 32.2. The minimum absolute atomic E-state index is 0.186. The van der Waals surface area contributed by atoms with E-state index in [0.717, 1.165) is 11.4 Å². The lowest BCUT2D eigenvalue weighted by atomic mass is 9.96. The number of aryl methyl sites for hydroxylation is 1. The maximum Gasteiger partial charge on any atom is 0.240 e. The Kier molecular flexibility index (Phi) is 5.16. The highest BCUT2D eigenvalue weighted by molar-refractivity contribution is 7.89. The molecule has 2 aromatic heterocycles. The predicted molar refractivity (Wildman–Crippen MR) is 104 cm³/mol. The number of rotatable bonds is 6. The highest BCUT2D eigenvalue weighted by Crippen LogP contribution is 2.20. The predicted octanol–water partition coefficient (Wildman–Crippen LogP) is 2.12. The molecule has 0 aliphatic rings. The molecule has 9 heteroatoms. The summed E-state index contributed by atoms with van der Waals surface area (Å²) in [7, 11) is -3.52. The summed E-state index contributed by atoms with van der Waals surface area (Å²) in [5.74, 6) is 1.39. The van der Waals surface area contributed by atoms with E-state index in [-0.39, 0.29) is 16.9 Å². The number of benzene rings is 1. The van der Waals surface area contributed by atoms with Gasteiger partial charge in [-0.2, -0.15) is 4.52 Å². The van der Waals surface area contributed by atoms with Crippen molar-refractivity contribution in [2.24, 2.45) is 0 Å². The lowest BCUT2D eigenvalue weighted by Crippen LogP contribution is -2.29. The Hall–Kier alpha value is -2.52. The molecule has 27 heavy (non-hydrogen) atoms. The third-order valence-corrected chi connectivity index (χ3v) is 5.47. The van der Waals surface area contributed by atoms with Crippen molar-refractivity contribution in [2.45, 2.75) is 38.0 Å². The number of hydrogen-bond acceptors (Lipinski definition) is 6. The fourth-order valence-electron chi connectivity index (χ4n) is 2.53. The lowest BCUT2D eigenvalue weighted by molar-refractivity contribution is 0.527. The molecular formula is C18H24N6O2S. The average molecular weight is 388 g/mol. The summed E-state index contributed by atoms with van der Waals surface area (Å²) in [5.41, 5.74) is 1.50. The summed E-state index contributed by atoms with van der Waals surface area (Å²) in [5, 5.41) is 16.0. The Bertz CT molecular complexity index is 1040. The zero-order valence-corrected chi connectivity index (χ0v) is 16.7. The van der Waals surface area contributed by atoms with Gasteiger partial charge in [0.25, 0.3) is 0 Å². The van der Waals surface area contributed by atoms with Gasteiger partial charge in [-0.25, -0.2) is 13.1 Å². The molecule has 0 aliphatic carbocycles. The zero-order chi connectivity index (χ0) is 19.7. The standard InChI is InChI=1S/C18H24N6O2S/c1-13-5-7-14(8-6-13)27(25,26)20-12-11-19-15-9-10-16-21-22-17(18(2,3)4)24(16)23-15/h5-10,20H,11-12H2,1-4H3,(H,19,23). The van der Waals surface area contributed by atoms with E-state index in [2.05, 4.69) is 25.3 Å². The Balaban J connectivity index is 1.63. The van der Waals surface area contributed by atoms with Crippen molar-refractivity contribution in [3.63, 3.8) is 0 Å². The Morgan fingerprint density at radius 3 is 2.37 bits per heavy atom. The van der Waals surface area contributed by atoms with Gasteiger partial charge in [0, 0.05) is 18.5 Å². The van der Waals surface area contributed by atoms with Crippen LogP contribution in [-0.2, 0) is 15.4 Å². The molecule has 0 amide bonds. The maximum absolute atomic E-state index is 12.3. The van der Waals surface area contributed by atoms with Crippen LogP contribution in [0.4, 0.5) is 5.82 Å². The lowest BCUT2D eigenvalue weighted by Gasteiger charge is -2.15. The summed E-state index contributed by atoms with van der Waals surface area (Å²) in [4.78, 5) is 0.256. The van der Waals surface area contributed by atoms with Crippen molar-refractivity contribution in [1.29, 1.82) is 0 Å². The van der Waals surface area contributed by atoms with Crippen LogP contribution in [0.2, 0.25) is 0 Å². The van der Waals surface area contributed by atoms with Gasteiger partial charge in [-0.05, 0) is 31.2 Å². The molecular weight excluding hydrogens is 364 g/mol. The molecule has 1 aromatic carbocycles. The van der Waals surface area contributed by atoms with E-state index in [1.54, 1.807) is 34.8 Å². The van der Waals surface area contributed by atoms with Gasteiger partial charge in [0.1, 0.15) is 5.82 Å². The van der Waals surface area contributed by atoms with Crippen LogP contribution >= 0.6 is 0 Å². The van der Waals surface area contributed by atoms with Crippen LogP contribution in [0.5, 0.6) is 0 Å². The van der Waals surface area contributed by atoms with Crippen molar-refractivity contribution in [3.05, 3.63) is 47.8 Å². The minimum Gasteiger partial charge on any atom is -0.367 e. The van der Waals surface area contributed by atoms with Crippen LogP contribution in [0.3, 0.4) is 0 Å². The van der Waals surface area contributed by atoms with E-state index < -0.39 is 10.0 Å². The first kappa shape index (κ1) is 19.2. The number of fused-ring (bicyclic) bond motifs is 1. The van der Waals surface area contributed by atoms with Crippen molar-refractivity contribution in [1.82, 2.24) is 24.5 Å². The van der Waals surface area contributed by atoms with Gasteiger partial charge in [0.2, 0.25) is 10.0 Å². The first-order valence-electron chi connectivity index (χ1n) is 8.70. The van der Waals surface area contributed by atoms with Gasteiger partial charge < -0.3 is 5.32 Å². The van der Waals surface area contributed by atoms with Gasteiger partial charge in [0.15, 0.2) is 11.5 Å². The number of nitrogens with one attached hydrogen (secondary N) is 2. The number of sulfonamides is 1. The van der Waals surface area contributed by atoms with Crippen molar-refractivity contribution in [2.75, 3.05) is 18.4 Å². The van der Waals surface area contributed by atoms with E-state index in [1.807, 2.05) is 33.8 Å². The first-order valence-corrected chi connectivity index (χ1v) is 10.2. The topological polar surface area (TPSA) is 101 Å². The van der Waals surface area contributed by atoms with Crippen molar-refractivity contribution >= 4 is 21.5 Å². The molecule has 3 aromatic rings. The quantitative estimate of drug-likeness (QED) is 0.627. The smallest absolute Gasteiger partial charge is 0.240 e. The molecule has 0 atom stereocenters. The van der Waals surface area contributed by atoms with Gasteiger partial charge in [0.05, 0.1) is 4.90 Å². The van der Waals surface area contributed by atoms with Gasteiger partial charge in [-0.15, -0.1) is 15.3 Å². The largest absolute Gasteiger partial charge is 0.367 e. The van der Waals surface area contributed by atoms with Gasteiger partial charge in [-0.3, -0.25) is 0 Å². The molecule has 0 bridgehead atoms. The van der Waals surface area contributed by atoms with E-state index >= 15 is 0 Å². The molecule has 144 valence electrons. The number of aromatic nitrogens is 4. The van der Waals surface area contributed by atoms with E-state index in [4.69, 9.17) is 0 Å². The minimum atomic E-state index is -3.52. The summed E-state index contributed by atoms with van der Waals surface area (Å²) < 4.78 is 28.8. The van der Waals surface area contributed by atoms with Gasteiger partial charge >= 0.3 is 0 Å². The van der Waals surface area contributed by atoms with Crippen molar-refractivity contribution in [3.8, 4) is 0 Å². The zero-order valence-electron chi connectivity index (χ0n) is 15.9. The molecule has 0 saturated heterocycles. The second-order valence-electron chi connectivity index (χ2n) is 7.40. The van der Waals surface area contributed by atoms with Crippen LogP contribution < -0.4 is 10.0 Å². The molecule has 2 N–H and O–H groups in total. The Morgan fingerprint density at radius 1 is 1.00 bits per heavy atom. The number of nitrogens with zero attached hydrogens (tertiary/aromatic N) is 4. The van der Waals surface area contributed by atoms with E-state index in [0.29, 0.717) is 18.0 Å². The van der Waals surface area contributed by atoms with Crippen molar-refractivity contribution < 1.29 is 8.42 Å². The second-order valence-corrected chi connectivity index (χ2v) is 9.17. The molecule has 0 fully saturated rings. The summed E-state index contributed by atoms with van der Waals surface area (Å²) in [6.07, 6.45) is 0. The van der Waals surface area contributed by atoms with Crippen LogP contribution in [0, 0.1) is 6.92 Å². The Morgan fingerprint density at radius 2 is 1.70 bits per heavy atom. The molecule has 0 saturated carbocycles. The van der Waals surface area contributed by atoms with Crippen LogP contribution in [-0.4, -0.2) is 41.3 Å². The normalized spacial score (nSPS) is 12.4. The molecule has 2 heterocycles. The third-order valence-electron chi connectivity index (χ3n) is 3.99.